The smallest absolute Gasteiger partial charge is 0.226 e. The van der Waals surface area contributed by atoms with Crippen molar-refractivity contribution in [2.75, 3.05) is 31.6 Å². The first kappa shape index (κ1) is 14.5. The van der Waals surface area contributed by atoms with Gasteiger partial charge in [-0.05, 0) is 33.9 Å². The predicted molar refractivity (Wildman–Crippen MR) is 78.2 cm³/mol. The second kappa shape index (κ2) is 5.24. The topological polar surface area (TPSA) is 90.9 Å². The van der Waals surface area contributed by atoms with Crippen LogP contribution in [0.4, 0.5) is 5.95 Å². The minimum atomic E-state index is 0.00476. The van der Waals surface area contributed by atoms with Crippen molar-refractivity contribution in [3.05, 3.63) is 17.5 Å². The number of hydrogen-bond donors (Lipinski definition) is 2. The number of nitrogens with zero attached hydrogens (tertiary/aromatic N) is 5. The lowest BCUT2D eigenvalue weighted by molar-refractivity contribution is 0.138. The van der Waals surface area contributed by atoms with E-state index in [0.717, 1.165) is 25.3 Å². The van der Waals surface area contributed by atoms with E-state index in [1.165, 1.54) is 0 Å². The largest absolute Gasteiger partial charge is 0.409 e. The van der Waals surface area contributed by atoms with Gasteiger partial charge >= 0.3 is 0 Å². The van der Waals surface area contributed by atoms with Gasteiger partial charge in [-0.3, -0.25) is 4.90 Å². The molecular weight excluding hydrogens is 256 g/mol. The molecule has 110 valence electrons. The van der Waals surface area contributed by atoms with Crippen molar-refractivity contribution >= 4 is 11.8 Å². The molecule has 2 rings (SSSR count). The van der Waals surface area contributed by atoms with Gasteiger partial charge in [-0.25, -0.2) is 9.97 Å². The van der Waals surface area contributed by atoms with Crippen LogP contribution < -0.4 is 10.6 Å². The number of rotatable bonds is 2. The van der Waals surface area contributed by atoms with Crippen LogP contribution in [0.2, 0.25) is 0 Å². The average Bonchev–Trinajstić information content (AvgIpc) is 2.40. The summed E-state index contributed by atoms with van der Waals surface area (Å²) in [6, 6.07) is 1.71. The van der Waals surface area contributed by atoms with E-state index in [0.29, 0.717) is 11.6 Å². The predicted octanol–water partition coefficient (Wildman–Crippen LogP) is 0.410. The number of aryl methyl sites for hydroxylation is 1. The zero-order valence-corrected chi connectivity index (χ0v) is 12.5. The molecule has 0 spiro atoms. The number of aromatic nitrogens is 2. The van der Waals surface area contributed by atoms with Crippen LogP contribution in [0.3, 0.4) is 0 Å². The van der Waals surface area contributed by atoms with E-state index in [9.17, 15) is 0 Å². The van der Waals surface area contributed by atoms with Gasteiger partial charge in [-0.2, -0.15) is 0 Å². The van der Waals surface area contributed by atoms with Crippen LogP contribution in [0.25, 0.3) is 0 Å². The second-order valence-electron chi connectivity index (χ2n) is 5.84. The Morgan fingerprint density at radius 2 is 2.10 bits per heavy atom. The standard InChI is InChI=1S/C13H22N6O/c1-9-7-10(11(14)17-20)16-12(15-9)19-6-5-18(4)13(2,3)8-19/h7,20H,5-6,8H2,1-4H3,(H2,14,17). The van der Waals surface area contributed by atoms with Gasteiger partial charge < -0.3 is 15.8 Å². The fourth-order valence-electron chi connectivity index (χ4n) is 2.29. The molecule has 0 unspecified atom stereocenters. The molecule has 1 aromatic heterocycles. The Balaban J connectivity index is 2.31. The van der Waals surface area contributed by atoms with Crippen molar-refractivity contribution in [3.63, 3.8) is 0 Å². The van der Waals surface area contributed by atoms with E-state index in [-0.39, 0.29) is 11.4 Å². The third kappa shape index (κ3) is 2.82. The van der Waals surface area contributed by atoms with Crippen LogP contribution >= 0.6 is 0 Å². The van der Waals surface area contributed by atoms with E-state index >= 15 is 0 Å². The fraction of sp³-hybridized carbons (Fsp3) is 0.615. The summed E-state index contributed by atoms with van der Waals surface area (Å²) < 4.78 is 0. The van der Waals surface area contributed by atoms with Crippen LogP contribution in [0, 0.1) is 6.92 Å². The van der Waals surface area contributed by atoms with Crippen molar-refractivity contribution in [1.82, 2.24) is 14.9 Å². The van der Waals surface area contributed by atoms with Crippen LogP contribution in [0.1, 0.15) is 25.2 Å². The Morgan fingerprint density at radius 3 is 2.70 bits per heavy atom. The SMILES string of the molecule is Cc1cc(/C(N)=N/O)nc(N2CCN(C)C(C)(C)C2)n1. The van der Waals surface area contributed by atoms with Gasteiger partial charge in [0, 0.05) is 30.9 Å². The van der Waals surface area contributed by atoms with Crippen LogP contribution in [-0.2, 0) is 0 Å². The van der Waals surface area contributed by atoms with Gasteiger partial charge in [-0.15, -0.1) is 0 Å². The number of piperazine rings is 1. The molecule has 0 amide bonds. The number of hydrogen-bond acceptors (Lipinski definition) is 6. The lowest BCUT2D eigenvalue weighted by Crippen LogP contribution is -2.58. The lowest BCUT2D eigenvalue weighted by atomic mass is 10.00. The molecule has 1 aliphatic rings. The summed E-state index contributed by atoms with van der Waals surface area (Å²) in [5.74, 6) is 0.637. The molecule has 1 aromatic rings. The van der Waals surface area contributed by atoms with Crippen molar-refractivity contribution < 1.29 is 5.21 Å². The molecule has 0 bridgehead atoms. The molecule has 2 heterocycles. The minimum absolute atomic E-state index is 0.00476. The second-order valence-corrected chi connectivity index (χ2v) is 5.84. The molecule has 0 aromatic carbocycles. The van der Waals surface area contributed by atoms with Gasteiger partial charge in [0.15, 0.2) is 5.84 Å². The molecule has 7 heteroatoms. The average molecular weight is 278 g/mol. The van der Waals surface area contributed by atoms with E-state index in [4.69, 9.17) is 10.9 Å². The summed E-state index contributed by atoms with van der Waals surface area (Å²) in [4.78, 5) is 13.3. The van der Waals surface area contributed by atoms with Crippen LogP contribution in [0.15, 0.2) is 11.2 Å². The molecule has 0 atom stereocenters. The minimum Gasteiger partial charge on any atom is -0.409 e. The first-order valence-electron chi connectivity index (χ1n) is 6.63. The molecule has 1 aliphatic heterocycles. The molecule has 20 heavy (non-hydrogen) atoms. The summed E-state index contributed by atoms with van der Waals surface area (Å²) in [7, 11) is 2.12. The maximum atomic E-state index is 8.78. The van der Waals surface area contributed by atoms with E-state index in [1.807, 2.05) is 6.92 Å². The van der Waals surface area contributed by atoms with Crippen molar-refractivity contribution in [1.29, 1.82) is 0 Å². The summed E-state index contributed by atoms with van der Waals surface area (Å²) in [5.41, 5.74) is 6.93. The monoisotopic (exact) mass is 278 g/mol. The van der Waals surface area contributed by atoms with Gasteiger partial charge in [0.1, 0.15) is 5.69 Å². The number of amidine groups is 1. The summed E-state index contributed by atoms with van der Waals surface area (Å²) in [6.45, 7) is 8.91. The zero-order valence-electron chi connectivity index (χ0n) is 12.5. The first-order valence-corrected chi connectivity index (χ1v) is 6.63. The van der Waals surface area contributed by atoms with E-state index in [2.05, 4.69) is 45.8 Å². The Bertz CT molecular complexity index is 528. The van der Waals surface area contributed by atoms with Crippen molar-refractivity contribution in [2.24, 2.45) is 10.9 Å². The molecule has 0 aliphatic carbocycles. The highest BCUT2D eigenvalue weighted by Crippen LogP contribution is 2.22. The third-order valence-electron chi connectivity index (χ3n) is 3.81. The Hall–Kier alpha value is -1.89. The first-order chi connectivity index (χ1) is 9.33. The highest BCUT2D eigenvalue weighted by Gasteiger charge is 2.32. The normalized spacial score (nSPS) is 20.2. The van der Waals surface area contributed by atoms with Gasteiger partial charge in [0.2, 0.25) is 5.95 Å². The van der Waals surface area contributed by atoms with E-state index < -0.39 is 0 Å². The lowest BCUT2D eigenvalue weighted by Gasteiger charge is -2.45. The Kier molecular flexibility index (Phi) is 3.80. The molecular formula is C13H22N6O. The Morgan fingerprint density at radius 1 is 1.40 bits per heavy atom. The molecule has 1 fully saturated rings. The quantitative estimate of drug-likeness (QED) is 0.352. The van der Waals surface area contributed by atoms with Gasteiger partial charge in [0.25, 0.3) is 0 Å². The molecule has 3 N–H and O–H groups in total. The van der Waals surface area contributed by atoms with Crippen LogP contribution in [-0.4, -0.2) is 58.1 Å². The zero-order chi connectivity index (χ0) is 14.9. The Labute approximate surface area is 119 Å². The van der Waals surface area contributed by atoms with Gasteiger partial charge in [0.05, 0.1) is 0 Å². The highest BCUT2D eigenvalue weighted by molar-refractivity contribution is 5.95. The molecule has 1 saturated heterocycles. The third-order valence-corrected chi connectivity index (χ3v) is 3.81. The van der Waals surface area contributed by atoms with Crippen LogP contribution in [0.5, 0.6) is 0 Å². The summed E-state index contributed by atoms with van der Waals surface area (Å²) >= 11 is 0. The maximum Gasteiger partial charge on any atom is 0.226 e. The van der Waals surface area contributed by atoms with Crippen molar-refractivity contribution in [3.8, 4) is 0 Å². The molecule has 7 nitrogen and oxygen atoms in total. The maximum absolute atomic E-state index is 8.78. The molecule has 0 radical (unpaired) electrons. The summed E-state index contributed by atoms with van der Waals surface area (Å²) in [6.07, 6.45) is 0. The fourth-order valence-corrected chi connectivity index (χ4v) is 2.29. The number of nitrogens with two attached hydrogens (primary N) is 1. The highest BCUT2D eigenvalue weighted by atomic mass is 16.4. The van der Waals surface area contributed by atoms with Crippen molar-refractivity contribution in [2.45, 2.75) is 26.3 Å². The summed E-state index contributed by atoms with van der Waals surface area (Å²) in [5, 5.41) is 11.8. The van der Waals surface area contributed by atoms with E-state index in [1.54, 1.807) is 6.07 Å². The number of anilines is 1. The molecule has 0 saturated carbocycles. The number of oxime groups is 1. The number of likely N-dealkylation sites (N-methyl/N-ethyl adjacent to an activating group) is 1. The van der Waals surface area contributed by atoms with Gasteiger partial charge in [-0.1, -0.05) is 5.16 Å².